The van der Waals surface area contributed by atoms with Crippen LogP contribution in [0.2, 0.25) is 0 Å². The van der Waals surface area contributed by atoms with Crippen molar-refractivity contribution in [1.82, 2.24) is 4.98 Å². The third-order valence-corrected chi connectivity index (χ3v) is 6.64. The molecule has 1 radical (unpaired) electrons. The second-order valence-electron chi connectivity index (χ2n) is 7.63. The topological polar surface area (TPSA) is 36.0 Å². The van der Waals surface area contributed by atoms with Crippen LogP contribution >= 0.6 is 11.3 Å². The van der Waals surface area contributed by atoms with Crippen molar-refractivity contribution in [2.75, 3.05) is 18.0 Å². The molecule has 0 bridgehead atoms. The molecule has 0 saturated carbocycles. The smallest absolute Gasteiger partial charge is 0.198 e. The number of anilines is 1. The van der Waals surface area contributed by atoms with Gasteiger partial charge in [-0.1, -0.05) is 49.6 Å². The Bertz CT molecular complexity index is 853. The molecule has 27 heavy (non-hydrogen) atoms. The number of benzene rings is 2. The van der Waals surface area contributed by atoms with E-state index in [0.29, 0.717) is 0 Å². The zero-order valence-electron chi connectivity index (χ0n) is 15.8. The van der Waals surface area contributed by atoms with E-state index in [-0.39, 0.29) is 5.75 Å². The highest BCUT2D eigenvalue weighted by atomic mass is 32.1. The van der Waals surface area contributed by atoms with Crippen molar-refractivity contribution in [3.05, 3.63) is 53.5 Å². The Morgan fingerprint density at radius 3 is 2.63 bits per heavy atom. The molecule has 1 aromatic heterocycles. The van der Waals surface area contributed by atoms with E-state index in [4.69, 9.17) is 0 Å². The molecule has 1 aliphatic rings. The highest BCUT2D eigenvalue weighted by Crippen LogP contribution is 2.37. The number of nitrogens with zero attached hydrogens (tertiary/aromatic N) is 2. The van der Waals surface area contributed by atoms with Crippen molar-refractivity contribution >= 4 is 27.2 Å². The molecule has 3 nitrogen and oxygen atoms in total. The van der Waals surface area contributed by atoms with Crippen LogP contribution < -0.4 is 4.90 Å². The fourth-order valence-electron chi connectivity index (χ4n) is 4.21. The van der Waals surface area contributed by atoms with Crippen molar-refractivity contribution in [3.8, 4) is 5.75 Å². The van der Waals surface area contributed by atoms with Crippen molar-refractivity contribution < 1.29 is 5.11 Å². The number of fused-ring (bicyclic) bond motifs is 1. The molecule has 4 heteroatoms. The molecule has 0 N–H and O–H groups in total. The molecule has 1 aliphatic heterocycles. The van der Waals surface area contributed by atoms with Crippen LogP contribution in [0.15, 0.2) is 48.0 Å². The third-order valence-electron chi connectivity index (χ3n) is 5.80. The maximum absolute atomic E-state index is 11.9. The molecule has 1 fully saturated rings. The average molecular weight is 380 g/mol. The number of aromatic nitrogens is 1. The van der Waals surface area contributed by atoms with E-state index >= 15 is 0 Å². The first-order chi connectivity index (χ1) is 13.3. The van der Waals surface area contributed by atoms with Gasteiger partial charge >= 0.3 is 0 Å². The lowest BCUT2D eigenvalue weighted by molar-refractivity contribution is 0.360. The first-order valence-electron chi connectivity index (χ1n) is 10.1. The second kappa shape index (κ2) is 8.75. The number of hydrogen-bond acceptors (Lipinski definition) is 3. The summed E-state index contributed by atoms with van der Waals surface area (Å²) >= 11 is 1.46. The molecule has 0 aliphatic carbocycles. The average Bonchev–Trinajstić information content (AvgIpc) is 3.20. The predicted molar refractivity (Wildman–Crippen MR) is 113 cm³/mol. The number of rotatable bonds is 7. The van der Waals surface area contributed by atoms with Gasteiger partial charge in [0.05, 0.1) is 11.2 Å². The summed E-state index contributed by atoms with van der Waals surface area (Å²) in [5, 5.41) is 11.9. The number of unbranched alkanes of at least 4 members (excludes halogenated alkanes) is 2. The van der Waals surface area contributed by atoms with E-state index in [1.165, 1.54) is 61.8 Å². The largest absolute Gasteiger partial charge is 0.370 e. The van der Waals surface area contributed by atoms with Crippen LogP contribution in [-0.4, -0.2) is 18.1 Å². The highest BCUT2D eigenvalue weighted by molar-refractivity contribution is 7.17. The molecule has 0 amide bonds. The normalized spacial score (nSPS) is 15.5. The summed E-state index contributed by atoms with van der Waals surface area (Å²) in [5.41, 5.74) is 5.29. The van der Waals surface area contributed by atoms with Crippen molar-refractivity contribution in [2.24, 2.45) is 5.92 Å². The van der Waals surface area contributed by atoms with Gasteiger partial charge in [0.15, 0.2) is 5.75 Å². The molecule has 2 aromatic carbocycles. The van der Waals surface area contributed by atoms with Crippen LogP contribution in [0.4, 0.5) is 5.69 Å². The number of piperidine rings is 1. The summed E-state index contributed by atoms with van der Waals surface area (Å²) in [4.78, 5) is 6.87. The zero-order valence-corrected chi connectivity index (χ0v) is 16.6. The Morgan fingerprint density at radius 2 is 1.81 bits per heavy atom. The van der Waals surface area contributed by atoms with E-state index in [1.54, 1.807) is 11.6 Å². The number of aryl methyl sites for hydroxylation is 1. The van der Waals surface area contributed by atoms with Crippen LogP contribution in [-0.2, 0) is 11.5 Å². The van der Waals surface area contributed by atoms with E-state index < -0.39 is 0 Å². The number of hydrogen-bond donors (Lipinski definition) is 0. The van der Waals surface area contributed by atoms with Gasteiger partial charge in [0.2, 0.25) is 0 Å². The van der Waals surface area contributed by atoms with Crippen LogP contribution in [0.25, 0.3) is 10.2 Å². The third kappa shape index (κ3) is 4.44. The Balaban J connectivity index is 1.21. The SMILES string of the molecule is [O]c1ccc(N2CCC(CCCCCc3ccccc3)CC2)c2ncsc12. The van der Waals surface area contributed by atoms with Gasteiger partial charge in [-0.2, -0.15) is 0 Å². The second-order valence-corrected chi connectivity index (χ2v) is 8.48. The van der Waals surface area contributed by atoms with Gasteiger partial charge in [-0.05, 0) is 49.3 Å². The van der Waals surface area contributed by atoms with Gasteiger partial charge in [-0.25, -0.2) is 4.98 Å². The van der Waals surface area contributed by atoms with Crippen molar-refractivity contribution in [2.45, 2.75) is 44.9 Å². The summed E-state index contributed by atoms with van der Waals surface area (Å²) < 4.78 is 0.799. The fraction of sp³-hybridized carbons (Fsp3) is 0.435. The Hall–Kier alpha value is -2.07. The minimum Gasteiger partial charge on any atom is -0.370 e. The molecule has 141 valence electrons. The molecule has 0 atom stereocenters. The van der Waals surface area contributed by atoms with E-state index in [1.807, 2.05) is 6.07 Å². The molecule has 0 unspecified atom stereocenters. The standard InChI is InChI=1S/C23H27N2OS/c26-21-12-11-20(22-23(21)27-17-24-22)25-15-13-19(14-16-25)10-6-2-5-9-18-7-3-1-4-8-18/h1,3-4,7-8,11-12,17,19H,2,5-6,9-10,13-16H2. The minimum absolute atomic E-state index is 0.0987. The molecular weight excluding hydrogens is 352 g/mol. The summed E-state index contributed by atoms with van der Waals surface area (Å²) in [6, 6.07) is 14.5. The molecule has 3 aromatic rings. The van der Waals surface area contributed by atoms with Gasteiger partial charge in [-0.15, -0.1) is 11.3 Å². The Labute approximate surface area is 165 Å². The van der Waals surface area contributed by atoms with Crippen LogP contribution in [0, 0.1) is 5.92 Å². The quantitative estimate of drug-likeness (QED) is 0.442. The lowest BCUT2D eigenvalue weighted by Gasteiger charge is -2.33. The summed E-state index contributed by atoms with van der Waals surface area (Å²) in [5.74, 6) is 0.948. The summed E-state index contributed by atoms with van der Waals surface area (Å²) in [7, 11) is 0. The Kier molecular flexibility index (Phi) is 5.93. The van der Waals surface area contributed by atoms with Crippen molar-refractivity contribution in [1.29, 1.82) is 0 Å². The lowest BCUT2D eigenvalue weighted by Crippen LogP contribution is -2.33. The van der Waals surface area contributed by atoms with Gasteiger partial charge < -0.3 is 4.90 Å². The van der Waals surface area contributed by atoms with Crippen LogP contribution in [0.3, 0.4) is 0 Å². The molecule has 1 saturated heterocycles. The molecule has 2 heterocycles. The van der Waals surface area contributed by atoms with Gasteiger partial charge in [0, 0.05) is 13.1 Å². The maximum Gasteiger partial charge on any atom is 0.198 e. The molecule has 0 spiro atoms. The highest BCUT2D eigenvalue weighted by Gasteiger charge is 2.22. The minimum atomic E-state index is 0.0987. The van der Waals surface area contributed by atoms with Gasteiger partial charge in [0.1, 0.15) is 10.2 Å². The zero-order chi connectivity index (χ0) is 18.5. The maximum atomic E-state index is 11.9. The van der Waals surface area contributed by atoms with E-state index in [0.717, 1.165) is 34.9 Å². The van der Waals surface area contributed by atoms with E-state index in [9.17, 15) is 5.11 Å². The van der Waals surface area contributed by atoms with E-state index in [2.05, 4.69) is 40.2 Å². The first kappa shape index (κ1) is 18.3. The van der Waals surface area contributed by atoms with Gasteiger partial charge in [0.25, 0.3) is 0 Å². The lowest BCUT2D eigenvalue weighted by atomic mass is 9.90. The molecule has 4 rings (SSSR count). The summed E-state index contributed by atoms with van der Waals surface area (Å²) in [6.45, 7) is 2.17. The van der Waals surface area contributed by atoms with Gasteiger partial charge in [-0.3, -0.25) is 5.11 Å². The predicted octanol–water partition coefficient (Wildman–Crippen LogP) is 6.46. The first-order valence-corrected chi connectivity index (χ1v) is 11.0. The van der Waals surface area contributed by atoms with Crippen LogP contribution in [0.1, 0.15) is 44.1 Å². The number of thiazole rings is 1. The monoisotopic (exact) mass is 379 g/mol. The fourth-order valence-corrected chi connectivity index (χ4v) is 4.93. The van der Waals surface area contributed by atoms with Crippen LogP contribution in [0.5, 0.6) is 5.75 Å². The van der Waals surface area contributed by atoms with Crippen molar-refractivity contribution in [3.63, 3.8) is 0 Å². The Morgan fingerprint density at radius 1 is 1.00 bits per heavy atom. The molecular formula is C23H27N2OS. The summed E-state index contributed by atoms with van der Waals surface area (Å²) in [6.07, 6.45) is 9.05.